The van der Waals surface area contributed by atoms with E-state index in [0.29, 0.717) is 0 Å². The summed E-state index contributed by atoms with van der Waals surface area (Å²) >= 11 is 3.63. The van der Waals surface area contributed by atoms with E-state index in [9.17, 15) is 0 Å². The maximum atomic E-state index is 4.82. The van der Waals surface area contributed by atoms with Crippen LogP contribution in [-0.4, -0.2) is 41.5 Å². The SMILES string of the molecule is CN=C(NCCc1ncc(C)s1)N(C)Cc1nc2c(s1)CCCC2. The third-order valence-electron chi connectivity index (χ3n) is 4.13. The van der Waals surface area contributed by atoms with E-state index in [-0.39, 0.29) is 0 Å². The number of aliphatic imine (C=N–C) groups is 1. The van der Waals surface area contributed by atoms with Gasteiger partial charge in [0.2, 0.25) is 0 Å². The van der Waals surface area contributed by atoms with Gasteiger partial charge >= 0.3 is 0 Å². The Morgan fingerprint density at radius 2 is 2.12 bits per heavy atom. The standard InChI is InChI=1S/C17H25N5S2/c1-12-10-20-15(23-12)8-9-19-17(18-2)22(3)11-16-21-13-6-4-5-7-14(13)24-16/h10H,4-9,11H2,1-3H3,(H,18,19). The van der Waals surface area contributed by atoms with E-state index in [0.717, 1.165) is 31.9 Å². The number of fused-ring (bicyclic) bond motifs is 1. The van der Waals surface area contributed by atoms with E-state index in [1.54, 1.807) is 11.3 Å². The van der Waals surface area contributed by atoms with Crippen LogP contribution in [-0.2, 0) is 25.8 Å². The molecule has 2 aromatic rings. The van der Waals surface area contributed by atoms with E-state index >= 15 is 0 Å². The van der Waals surface area contributed by atoms with Gasteiger partial charge in [-0.15, -0.1) is 22.7 Å². The summed E-state index contributed by atoms with van der Waals surface area (Å²) in [6.07, 6.45) is 7.81. The summed E-state index contributed by atoms with van der Waals surface area (Å²) in [5.74, 6) is 0.913. The van der Waals surface area contributed by atoms with Crippen molar-refractivity contribution in [2.75, 3.05) is 20.6 Å². The largest absolute Gasteiger partial charge is 0.356 e. The average Bonchev–Trinajstić information content (AvgIpc) is 3.16. The van der Waals surface area contributed by atoms with Gasteiger partial charge in [0.15, 0.2) is 5.96 Å². The highest BCUT2D eigenvalue weighted by Crippen LogP contribution is 2.27. The number of hydrogen-bond donors (Lipinski definition) is 1. The molecule has 130 valence electrons. The van der Waals surface area contributed by atoms with Gasteiger partial charge in [-0.05, 0) is 32.6 Å². The lowest BCUT2D eigenvalue weighted by Gasteiger charge is -2.20. The zero-order valence-electron chi connectivity index (χ0n) is 14.6. The number of aromatic nitrogens is 2. The first kappa shape index (κ1) is 17.4. The highest BCUT2D eigenvalue weighted by molar-refractivity contribution is 7.11. The van der Waals surface area contributed by atoms with Gasteiger partial charge in [0.25, 0.3) is 0 Å². The highest BCUT2D eigenvalue weighted by atomic mass is 32.1. The van der Waals surface area contributed by atoms with Crippen LogP contribution in [0.2, 0.25) is 0 Å². The van der Waals surface area contributed by atoms with Crippen molar-refractivity contribution in [1.29, 1.82) is 0 Å². The topological polar surface area (TPSA) is 53.4 Å². The number of nitrogens with one attached hydrogen (secondary N) is 1. The molecule has 0 fully saturated rings. The Balaban J connectivity index is 1.52. The molecular formula is C17H25N5S2. The number of thiazole rings is 2. The summed E-state index contributed by atoms with van der Waals surface area (Å²) in [5, 5.41) is 5.80. The molecule has 0 atom stereocenters. The van der Waals surface area contributed by atoms with Crippen molar-refractivity contribution in [3.63, 3.8) is 0 Å². The zero-order chi connectivity index (χ0) is 16.9. The molecule has 2 heterocycles. The molecule has 3 rings (SSSR count). The van der Waals surface area contributed by atoms with Crippen LogP contribution in [0.4, 0.5) is 0 Å². The van der Waals surface area contributed by atoms with E-state index in [4.69, 9.17) is 4.98 Å². The van der Waals surface area contributed by atoms with E-state index in [2.05, 4.69) is 34.2 Å². The van der Waals surface area contributed by atoms with Crippen molar-refractivity contribution in [2.24, 2.45) is 4.99 Å². The number of guanidine groups is 1. The first-order chi connectivity index (χ1) is 11.7. The predicted molar refractivity (Wildman–Crippen MR) is 102 cm³/mol. The number of rotatable bonds is 5. The zero-order valence-corrected chi connectivity index (χ0v) is 16.3. The predicted octanol–water partition coefficient (Wildman–Crippen LogP) is 3.04. The van der Waals surface area contributed by atoms with Crippen molar-refractivity contribution < 1.29 is 0 Å². The molecule has 2 aromatic heterocycles. The average molecular weight is 364 g/mol. The lowest BCUT2D eigenvalue weighted by molar-refractivity contribution is 0.475. The minimum absolute atomic E-state index is 0.813. The summed E-state index contributed by atoms with van der Waals surface area (Å²) in [7, 11) is 3.91. The van der Waals surface area contributed by atoms with E-state index in [1.807, 2.05) is 24.6 Å². The maximum Gasteiger partial charge on any atom is 0.193 e. The van der Waals surface area contributed by atoms with Crippen LogP contribution in [0.15, 0.2) is 11.2 Å². The molecule has 1 aliphatic carbocycles. The molecule has 0 bridgehead atoms. The second-order valence-corrected chi connectivity index (χ2v) is 8.62. The van der Waals surface area contributed by atoms with Gasteiger partial charge in [-0.3, -0.25) is 4.99 Å². The lowest BCUT2D eigenvalue weighted by atomic mass is 10.0. The third kappa shape index (κ3) is 4.33. The van der Waals surface area contributed by atoms with Crippen LogP contribution < -0.4 is 5.32 Å². The normalized spacial score (nSPS) is 14.5. The lowest BCUT2D eigenvalue weighted by Crippen LogP contribution is -2.39. The van der Waals surface area contributed by atoms with Gasteiger partial charge in [0.05, 0.1) is 17.2 Å². The Morgan fingerprint density at radius 3 is 2.83 bits per heavy atom. The van der Waals surface area contributed by atoms with Crippen LogP contribution >= 0.6 is 22.7 Å². The summed E-state index contributed by atoms with van der Waals surface area (Å²) in [5.41, 5.74) is 1.33. The fourth-order valence-corrected chi connectivity index (χ4v) is 4.93. The van der Waals surface area contributed by atoms with Crippen molar-refractivity contribution in [1.82, 2.24) is 20.2 Å². The minimum atomic E-state index is 0.813. The van der Waals surface area contributed by atoms with Crippen molar-refractivity contribution >= 4 is 28.6 Å². The van der Waals surface area contributed by atoms with E-state index < -0.39 is 0 Å². The molecule has 0 amide bonds. The smallest absolute Gasteiger partial charge is 0.193 e. The van der Waals surface area contributed by atoms with Gasteiger partial charge in [0.1, 0.15) is 5.01 Å². The van der Waals surface area contributed by atoms with Crippen molar-refractivity contribution in [3.8, 4) is 0 Å². The molecule has 1 aliphatic rings. The molecule has 0 aliphatic heterocycles. The van der Waals surface area contributed by atoms with Crippen molar-refractivity contribution in [2.45, 2.75) is 45.6 Å². The Morgan fingerprint density at radius 1 is 1.29 bits per heavy atom. The van der Waals surface area contributed by atoms with Gasteiger partial charge in [-0.25, -0.2) is 9.97 Å². The number of aryl methyl sites for hydroxylation is 3. The van der Waals surface area contributed by atoms with Gasteiger partial charge in [0, 0.05) is 43.0 Å². The molecule has 5 nitrogen and oxygen atoms in total. The molecule has 0 radical (unpaired) electrons. The molecule has 0 aromatic carbocycles. The van der Waals surface area contributed by atoms with Crippen LogP contribution in [0, 0.1) is 6.92 Å². The van der Waals surface area contributed by atoms with E-state index in [1.165, 1.54) is 44.7 Å². The number of hydrogen-bond acceptors (Lipinski definition) is 5. The molecule has 24 heavy (non-hydrogen) atoms. The first-order valence-corrected chi connectivity index (χ1v) is 10.1. The Hall–Kier alpha value is -1.47. The fraction of sp³-hybridized carbons (Fsp3) is 0.588. The second kappa shape index (κ2) is 8.07. The molecule has 0 saturated carbocycles. The Labute approximate surface area is 151 Å². The quantitative estimate of drug-likeness (QED) is 0.655. The first-order valence-electron chi connectivity index (χ1n) is 8.46. The molecule has 7 heteroatoms. The molecule has 1 N–H and O–H groups in total. The van der Waals surface area contributed by atoms with Gasteiger partial charge < -0.3 is 10.2 Å². The van der Waals surface area contributed by atoms with Crippen LogP contribution in [0.1, 0.15) is 38.3 Å². The van der Waals surface area contributed by atoms with Crippen LogP contribution in [0.3, 0.4) is 0 Å². The van der Waals surface area contributed by atoms with Gasteiger partial charge in [-0.1, -0.05) is 0 Å². The summed E-state index contributed by atoms with van der Waals surface area (Å²) < 4.78 is 0. The summed E-state index contributed by atoms with van der Waals surface area (Å²) in [4.78, 5) is 18.5. The van der Waals surface area contributed by atoms with Crippen LogP contribution in [0.5, 0.6) is 0 Å². The maximum absolute atomic E-state index is 4.82. The summed E-state index contributed by atoms with van der Waals surface area (Å²) in [6.45, 7) is 3.75. The Bertz CT molecular complexity index is 680. The van der Waals surface area contributed by atoms with Gasteiger partial charge in [-0.2, -0.15) is 0 Å². The van der Waals surface area contributed by atoms with Crippen LogP contribution in [0.25, 0.3) is 0 Å². The summed E-state index contributed by atoms with van der Waals surface area (Å²) in [6, 6.07) is 0. The monoisotopic (exact) mass is 363 g/mol. The second-order valence-electron chi connectivity index (χ2n) is 6.13. The number of nitrogens with zero attached hydrogens (tertiary/aromatic N) is 4. The molecule has 0 saturated heterocycles. The molecule has 0 spiro atoms. The highest BCUT2D eigenvalue weighted by Gasteiger charge is 2.16. The fourth-order valence-electron chi connectivity index (χ4n) is 2.93. The third-order valence-corrected chi connectivity index (χ3v) is 6.24. The Kier molecular flexibility index (Phi) is 5.84. The molecular weight excluding hydrogens is 338 g/mol. The minimum Gasteiger partial charge on any atom is -0.356 e. The van der Waals surface area contributed by atoms with Crippen molar-refractivity contribution in [3.05, 3.63) is 31.7 Å². The molecule has 0 unspecified atom stereocenters.